The number of rotatable bonds is 3. The molecule has 0 saturated heterocycles. The van der Waals surface area contributed by atoms with E-state index in [9.17, 15) is 4.39 Å². The quantitative estimate of drug-likeness (QED) is 0.872. The summed E-state index contributed by atoms with van der Waals surface area (Å²) in [6.07, 6.45) is 1.62. The number of nitrogen functional groups attached to an aromatic ring is 1. The molecule has 0 bridgehead atoms. The number of aryl methyl sites for hydroxylation is 1. The van der Waals surface area contributed by atoms with Crippen LogP contribution in [0.2, 0.25) is 0 Å². The minimum atomic E-state index is -0.229. The van der Waals surface area contributed by atoms with E-state index in [0.29, 0.717) is 5.69 Å². The first kappa shape index (κ1) is 12.4. The van der Waals surface area contributed by atoms with E-state index in [1.165, 1.54) is 12.1 Å². The highest BCUT2D eigenvalue weighted by molar-refractivity contribution is 5.51. The summed E-state index contributed by atoms with van der Waals surface area (Å²) in [7, 11) is 0. The molecular weight excluding hydrogens is 229 g/mol. The van der Waals surface area contributed by atoms with Crippen molar-refractivity contribution in [1.29, 1.82) is 0 Å². The second-order valence-corrected chi connectivity index (χ2v) is 4.35. The fraction of sp³-hybridized carbons (Fsp3) is 0.214. The Bertz CT molecular complexity index is 537. The average molecular weight is 245 g/mol. The van der Waals surface area contributed by atoms with Crippen molar-refractivity contribution in [2.45, 2.75) is 19.9 Å². The van der Waals surface area contributed by atoms with Gasteiger partial charge in [0.25, 0.3) is 0 Å². The van der Waals surface area contributed by atoms with Crippen molar-refractivity contribution >= 4 is 11.5 Å². The third kappa shape index (κ3) is 2.77. The van der Waals surface area contributed by atoms with Crippen LogP contribution in [0, 0.1) is 12.7 Å². The SMILES string of the molecule is Cc1cc(N)cnc1NC(C)c1ccc(F)cc1. The minimum absolute atomic E-state index is 0.0559. The molecular formula is C14H16FN3. The number of anilines is 2. The predicted molar refractivity (Wildman–Crippen MR) is 71.8 cm³/mol. The van der Waals surface area contributed by atoms with Gasteiger partial charge in [-0.3, -0.25) is 0 Å². The lowest BCUT2D eigenvalue weighted by Crippen LogP contribution is -2.09. The van der Waals surface area contributed by atoms with Gasteiger partial charge in [-0.1, -0.05) is 12.1 Å². The summed E-state index contributed by atoms with van der Waals surface area (Å²) in [5, 5.41) is 3.28. The Balaban J connectivity index is 2.15. The van der Waals surface area contributed by atoms with Crippen LogP contribution in [-0.2, 0) is 0 Å². The van der Waals surface area contributed by atoms with Gasteiger partial charge in [0.15, 0.2) is 0 Å². The van der Waals surface area contributed by atoms with Crippen LogP contribution >= 0.6 is 0 Å². The molecule has 1 aromatic heterocycles. The lowest BCUT2D eigenvalue weighted by atomic mass is 10.1. The monoisotopic (exact) mass is 245 g/mol. The molecule has 4 heteroatoms. The van der Waals surface area contributed by atoms with E-state index in [0.717, 1.165) is 16.9 Å². The van der Waals surface area contributed by atoms with Gasteiger partial charge in [0, 0.05) is 6.04 Å². The van der Waals surface area contributed by atoms with Crippen LogP contribution in [0.3, 0.4) is 0 Å². The van der Waals surface area contributed by atoms with Gasteiger partial charge >= 0.3 is 0 Å². The van der Waals surface area contributed by atoms with E-state index >= 15 is 0 Å². The van der Waals surface area contributed by atoms with Crippen molar-refractivity contribution in [3.05, 3.63) is 53.5 Å². The van der Waals surface area contributed by atoms with Crippen LogP contribution in [-0.4, -0.2) is 4.98 Å². The molecule has 0 fully saturated rings. The zero-order chi connectivity index (χ0) is 13.1. The number of nitrogens with two attached hydrogens (primary N) is 1. The zero-order valence-electron chi connectivity index (χ0n) is 10.4. The molecule has 94 valence electrons. The minimum Gasteiger partial charge on any atom is -0.397 e. The van der Waals surface area contributed by atoms with E-state index in [-0.39, 0.29) is 11.9 Å². The topological polar surface area (TPSA) is 50.9 Å². The van der Waals surface area contributed by atoms with Crippen LogP contribution in [0.15, 0.2) is 36.5 Å². The van der Waals surface area contributed by atoms with Crippen molar-refractivity contribution in [2.75, 3.05) is 11.1 Å². The number of halogens is 1. The number of aromatic nitrogens is 1. The van der Waals surface area contributed by atoms with Gasteiger partial charge in [-0.05, 0) is 43.2 Å². The first-order valence-electron chi connectivity index (χ1n) is 5.80. The molecule has 2 aromatic rings. The lowest BCUT2D eigenvalue weighted by molar-refractivity contribution is 0.626. The van der Waals surface area contributed by atoms with E-state index in [1.54, 1.807) is 18.3 Å². The number of nitrogens with zero attached hydrogens (tertiary/aromatic N) is 1. The molecule has 3 nitrogen and oxygen atoms in total. The third-order valence-corrected chi connectivity index (χ3v) is 2.82. The number of hydrogen-bond donors (Lipinski definition) is 2. The van der Waals surface area contributed by atoms with E-state index in [4.69, 9.17) is 5.73 Å². The summed E-state index contributed by atoms with van der Waals surface area (Å²) in [6, 6.07) is 8.36. The molecule has 0 amide bonds. The van der Waals surface area contributed by atoms with E-state index in [1.807, 2.05) is 19.9 Å². The van der Waals surface area contributed by atoms with Crippen LogP contribution in [0.25, 0.3) is 0 Å². The second-order valence-electron chi connectivity index (χ2n) is 4.35. The van der Waals surface area contributed by atoms with Crippen molar-refractivity contribution in [3.63, 3.8) is 0 Å². The van der Waals surface area contributed by atoms with Crippen LogP contribution < -0.4 is 11.1 Å². The fourth-order valence-electron chi connectivity index (χ4n) is 1.79. The number of hydrogen-bond acceptors (Lipinski definition) is 3. The normalized spacial score (nSPS) is 12.2. The Labute approximate surface area is 106 Å². The Hall–Kier alpha value is -2.10. The fourth-order valence-corrected chi connectivity index (χ4v) is 1.79. The van der Waals surface area contributed by atoms with E-state index in [2.05, 4.69) is 10.3 Å². The maximum absolute atomic E-state index is 12.8. The van der Waals surface area contributed by atoms with Crippen molar-refractivity contribution in [2.24, 2.45) is 0 Å². The molecule has 0 aliphatic rings. The highest BCUT2D eigenvalue weighted by Crippen LogP contribution is 2.21. The molecule has 0 aliphatic carbocycles. The molecule has 1 unspecified atom stereocenters. The zero-order valence-corrected chi connectivity index (χ0v) is 10.4. The Kier molecular flexibility index (Phi) is 3.46. The molecule has 0 saturated carbocycles. The van der Waals surface area contributed by atoms with Crippen molar-refractivity contribution < 1.29 is 4.39 Å². The van der Waals surface area contributed by atoms with Gasteiger partial charge in [0.1, 0.15) is 11.6 Å². The highest BCUT2D eigenvalue weighted by atomic mass is 19.1. The first-order chi connectivity index (χ1) is 8.56. The summed E-state index contributed by atoms with van der Waals surface area (Å²) < 4.78 is 12.8. The van der Waals surface area contributed by atoms with Crippen molar-refractivity contribution in [1.82, 2.24) is 4.98 Å². The van der Waals surface area contributed by atoms with Crippen LogP contribution in [0.5, 0.6) is 0 Å². The third-order valence-electron chi connectivity index (χ3n) is 2.82. The Morgan fingerprint density at radius 2 is 1.94 bits per heavy atom. The summed E-state index contributed by atoms with van der Waals surface area (Å²) in [4.78, 5) is 4.25. The molecule has 1 aromatic carbocycles. The molecule has 0 radical (unpaired) electrons. The second kappa shape index (κ2) is 5.04. The standard InChI is InChI=1S/C14H16FN3/c1-9-7-13(16)8-17-14(9)18-10(2)11-3-5-12(15)6-4-11/h3-8,10H,16H2,1-2H3,(H,17,18). The Morgan fingerprint density at radius 3 is 2.56 bits per heavy atom. The number of nitrogens with one attached hydrogen (secondary N) is 1. The molecule has 0 aliphatic heterocycles. The molecule has 0 spiro atoms. The van der Waals surface area contributed by atoms with Gasteiger partial charge < -0.3 is 11.1 Å². The maximum Gasteiger partial charge on any atom is 0.129 e. The summed E-state index contributed by atoms with van der Waals surface area (Å²) in [6.45, 7) is 3.95. The highest BCUT2D eigenvalue weighted by Gasteiger charge is 2.08. The summed E-state index contributed by atoms with van der Waals surface area (Å²) >= 11 is 0. The molecule has 1 atom stereocenters. The molecule has 2 rings (SSSR count). The first-order valence-corrected chi connectivity index (χ1v) is 5.80. The number of benzene rings is 1. The summed E-state index contributed by atoms with van der Waals surface area (Å²) in [5.74, 6) is 0.564. The van der Waals surface area contributed by atoms with E-state index < -0.39 is 0 Å². The van der Waals surface area contributed by atoms with Gasteiger partial charge in [-0.15, -0.1) is 0 Å². The largest absolute Gasteiger partial charge is 0.397 e. The van der Waals surface area contributed by atoms with Crippen molar-refractivity contribution in [3.8, 4) is 0 Å². The lowest BCUT2D eigenvalue weighted by Gasteiger charge is -2.16. The predicted octanol–water partition coefficient (Wildman–Crippen LogP) is 3.28. The molecule has 1 heterocycles. The summed E-state index contributed by atoms with van der Waals surface area (Å²) in [5.41, 5.74) is 8.30. The molecule has 3 N–H and O–H groups in total. The van der Waals surface area contributed by atoms with Gasteiger partial charge in [0.2, 0.25) is 0 Å². The van der Waals surface area contributed by atoms with Crippen LogP contribution in [0.1, 0.15) is 24.1 Å². The van der Waals surface area contributed by atoms with Gasteiger partial charge in [0.05, 0.1) is 11.9 Å². The number of pyridine rings is 1. The van der Waals surface area contributed by atoms with Crippen LogP contribution in [0.4, 0.5) is 15.9 Å². The average Bonchev–Trinajstić information content (AvgIpc) is 2.33. The Morgan fingerprint density at radius 1 is 1.28 bits per heavy atom. The van der Waals surface area contributed by atoms with Gasteiger partial charge in [-0.25, -0.2) is 9.37 Å². The maximum atomic E-state index is 12.8. The van der Waals surface area contributed by atoms with Gasteiger partial charge in [-0.2, -0.15) is 0 Å². The molecule has 18 heavy (non-hydrogen) atoms. The smallest absolute Gasteiger partial charge is 0.129 e.